The Kier molecular flexibility index (Phi) is 5.68. The highest BCUT2D eigenvalue weighted by Gasteiger charge is 2.20. The van der Waals surface area contributed by atoms with Crippen molar-refractivity contribution in [2.75, 3.05) is 0 Å². The van der Waals surface area contributed by atoms with Gasteiger partial charge in [0.05, 0.1) is 0 Å². The Morgan fingerprint density at radius 1 is 1.18 bits per heavy atom. The van der Waals surface area contributed by atoms with Crippen molar-refractivity contribution in [3.05, 3.63) is 35.4 Å². The number of carbonyl (C=O) groups excluding carboxylic acids is 2. The molecule has 1 aromatic rings. The molecule has 0 heterocycles. The average molecular weight is 306 g/mol. The first-order valence-electron chi connectivity index (χ1n) is 7.04. The first-order chi connectivity index (χ1) is 10.1. The molecule has 0 radical (unpaired) electrons. The lowest BCUT2D eigenvalue weighted by Crippen LogP contribution is -2.44. The molecule has 0 aliphatic heterocycles. The summed E-state index contributed by atoms with van der Waals surface area (Å²) < 4.78 is 0. The quantitative estimate of drug-likeness (QED) is 0.738. The number of carboxylic acid groups (broad SMARTS) is 1. The van der Waals surface area contributed by atoms with Crippen molar-refractivity contribution in [1.82, 2.24) is 5.32 Å². The number of primary amides is 1. The maximum Gasteiger partial charge on any atom is 0.303 e. The summed E-state index contributed by atoms with van der Waals surface area (Å²) in [5, 5.41) is 11.1. The lowest BCUT2D eigenvalue weighted by atomic mass is 9.86. The lowest BCUT2D eigenvalue weighted by Gasteiger charge is -2.19. The van der Waals surface area contributed by atoms with E-state index in [0.717, 1.165) is 5.56 Å². The molecule has 6 heteroatoms. The summed E-state index contributed by atoms with van der Waals surface area (Å²) in [6, 6.07) is 6.05. The van der Waals surface area contributed by atoms with Gasteiger partial charge in [0.15, 0.2) is 0 Å². The average Bonchev–Trinajstić information content (AvgIpc) is 2.41. The van der Waals surface area contributed by atoms with E-state index in [2.05, 4.69) is 26.1 Å². The fourth-order valence-electron chi connectivity index (χ4n) is 1.92. The summed E-state index contributed by atoms with van der Waals surface area (Å²) in [7, 11) is 0. The summed E-state index contributed by atoms with van der Waals surface area (Å²) >= 11 is 0. The van der Waals surface area contributed by atoms with Crippen molar-refractivity contribution in [2.45, 2.75) is 45.1 Å². The van der Waals surface area contributed by atoms with Crippen molar-refractivity contribution in [3.8, 4) is 0 Å². The molecular weight excluding hydrogens is 284 g/mol. The fraction of sp³-hybridized carbons (Fsp3) is 0.438. The number of carboxylic acids is 1. The molecule has 0 unspecified atom stereocenters. The van der Waals surface area contributed by atoms with Gasteiger partial charge >= 0.3 is 5.97 Å². The third kappa shape index (κ3) is 5.20. The molecule has 1 rings (SSSR count). The monoisotopic (exact) mass is 306 g/mol. The van der Waals surface area contributed by atoms with Crippen molar-refractivity contribution in [1.29, 1.82) is 0 Å². The molecule has 0 spiro atoms. The van der Waals surface area contributed by atoms with Gasteiger partial charge in [-0.2, -0.15) is 0 Å². The second-order valence-corrected chi connectivity index (χ2v) is 6.19. The highest BCUT2D eigenvalue weighted by Crippen LogP contribution is 2.22. The van der Waals surface area contributed by atoms with Crippen LogP contribution in [-0.4, -0.2) is 28.9 Å². The normalized spacial score (nSPS) is 12.5. The molecule has 22 heavy (non-hydrogen) atoms. The zero-order valence-electron chi connectivity index (χ0n) is 13.1. The third-order valence-corrected chi connectivity index (χ3v) is 3.31. The van der Waals surface area contributed by atoms with Crippen LogP contribution in [0.3, 0.4) is 0 Å². The molecule has 2 amide bonds. The molecule has 0 aromatic heterocycles. The maximum atomic E-state index is 12.1. The van der Waals surface area contributed by atoms with E-state index in [9.17, 15) is 14.4 Å². The second-order valence-electron chi connectivity index (χ2n) is 6.19. The molecule has 120 valence electrons. The number of benzene rings is 1. The van der Waals surface area contributed by atoms with E-state index in [1.807, 2.05) is 12.1 Å². The minimum atomic E-state index is -1.05. The van der Waals surface area contributed by atoms with E-state index in [-0.39, 0.29) is 18.3 Å². The molecule has 0 bridgehead atoms. The van der Waals surface area contributed by atoms with Gasteiger partial charge < -0.3 is 16.2 Å². The van der Waals surface area contributed by atoms with Crippen molar-refractivity contribution >= 4 is 17.8 Å². The number of amides is 2. The summed E-state index contributed by atoms with van der Waals surface area (Å²) in [5.41, 5.74) is 6.64. The molecular formula is C16H22N2O4. The van der Waals surface area contributed by atoms with Gasteiger partial charge in [0, 0.05) is 12.0 Å². The Balaban J connectivity index is 2.77. The number of nitrogens with one attached hydrogen (secondary N) is 1. The highest BCUT2D eigenvalue weighted by molar-refractivity contribution is 5.97. The maximum absolute atomic E-state index is 12.1. The van der Waals surface area contributed by atoms with E-state index in [1.54, 1.807) is 12.1 Å². The number of hydrogen-bond acceptors (Lipinski definition) is 3. The molecule has 4 N–H and O–H groups in total. The van der Waals surface area contributed by atoms with Crippen molar-refractivity contribution in [3.63, 3.8) is 0 Å². The van der Waals surface area contributed by atoms with Crippen LogP contribution in [0.5, 0.6) is 0 Å². The number of hydrogen-bond donors (Lipinski definition) is 3. The van der Waals surface area contributed by atoms with Gasteiger partial charge in [-0.25, -0.2) is 0 Å². The summed E-state index contributed by atoms with van der Waals surface area (Å²) in [5.74, 6) is -2.24. The summed E-state index contributed by atoms with van der Waals surface area (Å²) in [4.78, 5) is 33.9. The van der Waals surface area contributed by atoms with Gasteiger partial charge in [0.25, 0.3) is 5.91 Å². The Labute approximate surface area is 129 Å². The summed E-state index contributed by atoms with van der Waals surface area (Å²) in [6.45, 7) is 6.20. The molecule has 0 saturated carbocycles. The largest absolute Gasteiger partial charge is 0.481 e. The van der Waals surface area contributed by atoms with Crippen LogP contribution >= 0.6 is 0 Å². The van der Waals surface area contributed by atoms with E-state index in [0.29, 0.717) is 5.56 Å². The van der Waals surface area contributed by atoms with Crippen molar-refractivity contribution < 1.29 is 19.5 Å². The second kappa shape index (κ2) is 7.06. The number of rotatable bonds is 6. The van der Waals surface area contributed by atoms with Gasteiger partial charge in [-0.05, 0) is 29.5 Å². The Hall–Kier alpha value is -2.37. The zero-order chi connectivity index (χ0) is 16.9. The topological polar surface area (TPSA) is 109 Å². The van der Waals surface area contributed by atoms with E-state index in [1.165, 1.54) is 0 Å². The molecule has 0 fully saturated rings. The smallest absolute Gasteiger partial charge is 0.303 e. The minimum absolute atomic E-state index is 0.0216. The van der Waals surface area contributed by atoms with Gasteiger partial charge in [-0.3, -0.25) is 14.4 Å². The van der Waals surface area contributed by atoms with E-state index >= 15 is 0 Å². The number of aliphatic carboxylic acids is 1. The molecule has 0 aliphatic carbocycles. The van der Waals surface area contributed by atoms with Crippen LogP contribution < -0.4 is 11.1 Å². The Morgan fingerprint density at radius 3 is 2.14 bits per heavy atom. The third-order valence-electron chi connectivity index (χ3n) is 3.31. The van der Waals surface area contributed by atoms with Gasteiger partial charge in [0.1, 0.15) is 6.04 Å². The SMILES string of the molecule is CC(C)(C)c1ccc(C(=O)N[C@@H](CCC(=O)O)C(N)=O)cc1. The minimum Gasteiger partial charge on any atom is -0.481 e. The molecule has 1 aromatic carbocycles. The van der Waals surface area contributed by atoms with Crippen LogP contribution in [0.15, 0.2) is 24.3 Å². The predicted molar refractivity (Wildman–Crippen MR) is 82.5 cm³/mol. The molecule has 0 aliphatic rings. The van der Waals surface area contributed by atoms with E-state index in [4.69, 9.17) is 10.8 Å². The first-order valence-corrected chi connectivity index (χ1v) is 7.04. The van der Waals surface area contributed by atoms with Crippen LogP contribution in [0, 0.1) is 0 Å². The van der Waals surface area contributed by atoms with Crippen LogP contribution in [0.2, 0.25) is 0 Å². The number of nitrogens with two attached hydrogens (primary N) is 1. The molecule has 1 atom stereocenters. The van der Waals surface area contributed by atoms with Gasteiger partial charge in [-0.15, -0.1) is 0 Å². The highest BCUT2D eigenvalue weighted by atomic mass is 16.4. The predicted octanol–water partition coefficient (Wildman–Crippen LogP) is 1.43. The van der Waals surface area contributed by atoms with Crippen LogP contribution in [0.4, 0.5) is 0 Å². The van der Waals surface area contributed by atoms with Gasteiger partial charge in [0.2, 0.25) is 5.91 Å². The summed E-state index contributed by atoms with van der Waals surface area (Å²) in [6.07, 6.45) is -0.271. The lowest BCUT2D eigenvalue weighted by molar-refractivity contribution is -0.137. The Morgan fingerprint density at radius 2 is 1.73 bits per heavy atom. The number of carbonyl (C=O) groups is 3. The Bertz CT molecular complexity index is 559. The van der Waals surface area contributed by atoms with Crippen LogP contribution in [-0.2, 0) is 15.0 Å². The van der Waals surface area contributed by atoms with Crippen molar-refractivity contribution in [2.24, 2.45) is 5.73 Å². The zero-order valence-corrected chi connectivity index (χ0v) is 13.1. The van der Waals surface area contributed by atoms with Crippen LogP contribution in [0.1, 0.15) is 49.5 Å². The molecule has 0 saturated heterocycles. The van der Waals surface area contributed by atoms with Gasteiger partial charge in [-0.1, -0.05) is 32.9 Å². The van der Waals surface area contributed by atoms with Crippen LogP contribution in [0.25, 0.3) is 0 Å². The van der Waals surface area contributed by atoms with E-state index < -0.39 is 23.8 Å². The first kappa shape index (κ1) is 17.7. The molecule has 6 nitrogen and oxygen atoms in total. The fourth-order valence-corrected chi connectivity index (χ4v) is 1.92. The standard InChI is InChI=1S/C16H22N2O4/c1-16(2,3)11-6-4-10(5-7-11)15(22)18-12(14(17)21)8-9-13(19)20/h4-7,12H,8-9H2,1-3H3,(H2,17,21)(H,18,22)(H,19,20)/t12-/m0/s1.